The van der Waals surface area contributed by atoms with Gasteiger partial charge in [-0.3, -0.25) is 4.79 Å². The van der Waals surface area contributed by atoms with Gasteiger partial charge in [0.2, 0.25) is 0 Å². The van der Waals surface area contributed by atoms with Crippen LogP contribution in [0.15, 0.2) is 91.0 Å². The first-order chi connectivity index (χ1) is 20.4. The van der Waals surface area contributed by atoms with Crippen molar-refractivity contribution >= 4 is 28.6 Å². The van der Waals surface area contributed by atoms with Gasteiger partial charge in [0.05, 0.1) is 42.2 Å². The fraction of sp³-hybridized carbons (Fsp3) is 0.152. The third kappa shape index (κ3) is 6.20. The SMILES string of the molecule is CCC(OC(=O)c1ccc2nc(-c3ccc(OC)cc3)c(-c3ccc(OC)cc3)nc2c1)C(=O)Nc1ccc(F)cc1. The van der Waals surface area contributed by atoms with Crippen molar-refractivity contribution in [2.45, 2.75) is 19.4 Å². The highest BCUT2D eigenvalue weighted by atomic mass is 19.1. The van der Waals surface area contributed by atoms with Crippen molar-refractivity contribution in [1.29, 1.82) is 0 Å². The summed E-state index contributed by atoms with van der Waals surface area (Å²) in [5, 5.41) is 2.65. The van der Waals surface area contributed by atoms with Crippen LogP contribution in [-0.4, -0.2) is 42.2 Å². The highest BCUT2D eigenvalue weighted by Crippen LogP contribution is 2.33. The second-order valence-electron chi connectivity index (χ2n) is 9.38. The largest absolute Gasteiger partial charge is 0.497 e. The number of anilines is 1. The number of benzene rings is 4. The highest BCUT2D eigenvalue weighted by Gasteiger charge is 2.23. The predicted octanol–water partition coefficient (Wildman–Crippen LogP) is 6.69. The molecule has 0 saturated heterocycles. The molecular weight excluding hydrogens is 537 g/mol. The number of amides is 1. The lowest BCUT2D eigenvalue weighted by molar-refractivity contribution is -0.124. The van der Waals surface area contributed by atoms with E-state index in [4.69, 9.17) is 24.2 Å². The summed E-state index contributed by atoms with van der Waals surface area (Å²) in [7, 11) is 3.21. The van der Waals surface area contributed by atoms with Crippen LogP contribution in [0.25, 0.3) is 33.5 Å². The van der Waals surface area contributed by atoms with Crippen molar-refractivity contribution in [1.82, 2.24) is 9.97 Å². The molecule has 0 saturated carbocycles. The molecule has 1 N–H and O–H groups in total. The molecule has 4 aromatic carbocycles. The Hall–Kier alpha value is -5.31. The molecule has 9 heteroatoms. The lowest BCUT2D eigenvalue weighted by Gasteiger charge is -2.16. The summed E-state index contributed by atoms with van der Waals surface area (Å²) >= 11 is 0. The van der Waals surface area contributed by atoms with E-state index in [1.54, 1.807) is 39.3 Å². The summed E-state index contributed by atoms with van der Waals surface area (Å²) in [5.74, 6) is -0.179. The third-order valence-corrected chi connectivity index (χ3v) is 6.65. The first-order valence-electron chi connectivity index (χ1n) is 13.3. The Morgan fingerprint density at radius 3 is 1.83 bits per heavy atom. The van der Waals surface area contributed by atoms with E-state index in [0.29, 0.717) is 33.9 Å². The molecule has 1 heterocycles. The van der Waals surface area contributed by atoms with Gasteiger partial charge in [0, 0.05) is 16.8 Å². The summed E-state index contributed by atoms with van der Waals surface area (Å²) in [5.41, 5.74) is 4.62. The fourth-order valence-corrected chi connectivity index (χ4v) is 4.36. The van der Waals surface area contributed by atoms with E-state index in [1.165, 1.54) is 24.3 Å². The molecule has 0 fully saturated rings. The Morgan fingerprint density at radius 2 is 1.31 bits per heavy atom. The lowest BCUT2D eigenvalue weighted by atomic mass is 10.0. The Morgan fingerprint density at radius 1 is 0.762 bits per heavy atom. The number of aromatic nitrogens is 2. The van der Waals surface area contributed by atoms with Gasteiger partial charge < -0.3 is 19.5 Å². The standard InChI is InChI=1S/C33H28FN3O5/c1-4-29(32(38)35-24-12-10-23(34)11-13-24)42-33(39)22-9-18-27-28(19-22)37-31(21-7-16-26(41-3)17-8-21)30(36-27)20-5-14-25(40-2)15-6-20/h5-19,29H,4H2,1-3H3,(H,35,38). The van der Waals surface area contributed by atoms with Crippen LogP contribution in [0.5, 0.6) is 11.5 Å². The van der Waals surface area contributed by atoms with Gasteiger partial charge in [0.1, 0.15) is 17.3 Å². The molecule has 1 aromatic heterocycles. The number of ether oxygens (including phenoxy) is 3. The number of nitrogens with zero attached hydrogens (tertiary/aromatic N) is 2. The van der Waals surface area contributed by atoms with Gasteiger partial charge in [0.15, 0.2) is 6.10 Å². The van der Waals surface area contributed by atoms with E-state index in [9.17, 15) is 14.0 Å². The zero-order valence-corrected chi connectivity index (χ0v) is 23.3. The maximum Gasteiger partial charge on any atom is 0.338 e. The van der Waals surface area contributed by atoms with Gasteiger partial charge in [0.25, 0.3) is 5.91 Å². The minimum absolute atomic E-state index is 0.225. The molecule has 0 aliphatic carbocycles. The van der Waals surface area contributed by atoms with Crippen LogP contribution in [0.4, 0.5) is 10.1 Å². The maximum atomic E-state index is 13.2. The fourth-order valence-electron chi connectivity index (χ4n) is 4.36. The van der Waals surface area contributed by atoms with Crippen LogP contribution in [-0.2, 0) is 9.53 Å². The normalized spacial score (nSPS) is 11.5. The number of hydrogen-bond donors (Lipinski definition) is 1. The van der Waals surface area contributed by atoms with Crippen molar-refractivity contribution in [2.24, 2.45) is 0 Å². The molecule has 42 heavy (non-hydrogen) atoms. The number of hydrogen-bond acceptors (Lipinski definition) is 7. The van der Waals surface area contributed by atoms with E-state index in [-0.39, 0.29) is 12.0 Å². The molecule has 1 atom stereocenters. The molecule has 1 amide bonds. The van der Waals surface area contributed by atoms with Crippen LogP contribution >= 0.6 is 0 Å². The number of esters is 1. The highest BCUT2D eigenvalue weighted by molar-refractivity contribution is 5.99. The van der Waals surface area contributed by atoms with Crippen molar-refractivity contribution in [3.8, 4) is 34.0 Å². The monoisotopic (exact) mass is 565 g/mol. The van der Waals surface area contributed by atoms with Crippen LogP contribution < -0.4 is 14.8 Å². The molecule has 0 bridgehead atoms. The third-order valence-electron chi connectivity index (χ3n) is 6.65. The van der Waals surface area contributed by atoms with Crippen LogP contribution in [0.2, 0.25) is 0 Å². The van der Waals surface area contributed by atoms with E-state index >= 15 is 0 Å². The minimum atomic E-state index is -1.04. The van der Waals surface area contributed by atoms with Crippen molar-refractivity contribution in [3.05, 3.63) is 102 Å². The number of halogens is 1. The van der Waals surface area contributed by atoms with Gasteiger partial charge in [-0.05, 0) is 97.4 Å². The molecule has 212 valence electrons. The molecule has 0 spiro atoms. The summed E-state index contributed by atoms with van der Waals surface area (Å²) in [6.07, 6.45) is -0.796. The molecule has 5 aromatic rings. The number of nitrogens with one attached hydrogen (secondary N) is 1. The Labute approximate surface area is 242 Å². The predicted molar refractivity (Wildman–Crippen MR) is 158 cm³/mol. The smallest absolute Gasteiger partial charge is 0.338 e. The average Bonchev–Trinajstić information content (AvgIpc) is 3.03. The molecule has 0 aliphatic heterocycles. The van der Waals surface area contributed by atoms with Gasteiger partial charge in [-0.1, -0.05) is 6.92 Å². The second kappa shape index (κ2) is 12.5. The van der Waals surface area contributed by atoms with E-state index < -0.39 is 23.8 Å². The molecule has 1 unspecified atom stereocenters. The van der Waals surface area contributed by atoms with Gasteiger partial charge in [-0.25, -0.2) is 19.2 Å². The summed E-state index contributed by atoms with van der Waals surface area (Å²) < 4.78 is 29.4. The van der Waals surface area contributed by atoms with Crippen LogP contribution in [0.3, 0.4) is 0 Å². The molecular formula is C33H28FN3O5. The first kappa shape index (κ1) is 28.2. The topological polar surface area (TPSA) is 99.6 Å². The quantitative estimate of drug-likeness (QED) is 0.199. The molecule has 8 nitrogen and oxygen atoms in total. The van der Waals surface area contributed by atoms with Crippen molar-refractivity contribution in [2.75, 3.05) is 19.5 Å². The minimum Gasteiger partial charge on any atom is -0.497 e. The summed E-state index contributed by atoms with van der Waals surface area (Å²) in [4.78, 5) is 35.7. The Kier molecular flexibility index (Phi) is 8.38. The molecule has 5 rings (SSSR count). The number of carbonyl (C=O) groups is 2. The molecule has 0 aliphatic rings. The van der Waals surface area contributed by atoms with E-state index in [2.05, 4.69) is 5.32 Å². The Bertz CT molecular complexity index is 1720. The number of methoxy groups -OCH3 is 2. The second-order valence-corrected chi connectivity index (χ2v) is 9.38. The first-order valence-corrected chi connectivity index (χ1v) is 13.3. The van der Waals surface area contributed by atoms with Gasteiger partial charge in [-0.15, -0.1) is 0 Å². The zero-order chi connectivity index (χ0) is 29.6. The summed E-state index contributed by atoms with van der Waals surface area (Å²) in [6.45, 7) is 1.73. The van der Waals surface area contributed by atoms with Crippen molar-refractivity contribution in [3.63, 3.8) is 0 Å². The number of carbonyl (C=O) groups excluding carboxylic acids is 2. The molecule has 0 radical (unpaired) electrons. The lowest BCUT2D eigenvalue weighted by Crippen LogP contribution is -2.32. The van der Waals surface area contributed by atoms with E-state index in [0.717, 1.165) is 16.9 Å². The van der Waals surface area contributed by atoms with Crippen LogP contribution in [0, 0.1) is 5.82 Å². The number of rotatable bonds is 9. The van der Waals surface area contributed by atoms with E-state index in [1.807, 2.05) is 48.5 Å². The van der Waals surface area contributed by atoms with Gasteiger partial charge >= 0.3 is 5.97 Å². The zero-order valence-electron chi connectivity index (χ0n) is 23.3. The van der Waals surface area contributed by atoms with Crippen LogP contribution in [0.1, 0.15) is 23.7 Å². The van der Waals surface area contributed by atoms with Gasteiger partial charge in [-0.2, -0.15) is 0 Å². The summed E-state index contributed by atoms with van der Waals surface area (Å²) in [6, 6.07) is 25.2. The maximum absolute atomic E-state index is 13.2. The average molecular weight is 566 g/mol. The Balaban J connectivity index is 1.46. The number of fused-ring (bicyclic) bond motifs is 1. The van der Waals surface area contributed by atoms with Crippen molar-refractivity contribution < 1.29 is 28.2 Å².